The highest BCUT2D eigenvalue weighted by molar-refractivity contribution is 6.11. The molecule has 0 N–H and O–H groups in total. The molecule has 1 fully saturated rings. The number of rotatable bonds is 4. The Bertz CT molecular complexity index is 818. The average molecular weight is 340 g/mol. The van der Waals surface area contributed by atoms with Crippen molar-refractivity contribution in [2.75, 3.05) is 0 Å². The van der Waals surface area contributed by atoms with E-state index in [1.54, 1.807) is 0 Å². The van der Waals surface area contributed by atoms with Crippen LogP contribution in [0, 0.1) is 0 Å². The minimum Gasteiger partial charge on any atom is -0.289 e. The summed E-state index contributed by atoms with van der Waals surface area (Å²) in [6.45, 7) is 4.10. The van der Waals surface area contributed by atoms with Gasteiger partial charge in [-0.3, -0.25) is 4.79 Å². The van der Waals surface area contributed by atoms with Gasteiger partial charge in [0, 0.05) is 11.1 Å². The van der Waals surface area contributed by atoms with Gasteiger partial charge in [-0.2, -0.15) is 0 Å². The van der Waals surface area contributed by atoms with Crippen molar-refractivity contribution in [3.05, 3.63) is 106 Å². The van der Waals surface area contributed by atoms with Crippen molar-refractivity contribution in [2.45, 2.75) is 26.7 Å². The summed E-state index contributed by atoms with van der Waals surface area (Å²) >= 11 is 0. The van der Waals surface area contributed by atoms with E-state index in [4.69, 9.17) is 0 Å². The van der Waals surface area contributed by atoms with Gasteiger partial charge in [-0.1, -0.05) is 96.1 Å². The molecule has 1 aliphatic carbocycles. The summed E-state index contributed by atoms with van der Waals surface area (Å²) in [6, 6.07) is 20.4. The first-order valence-corrected chi connectivity index (χ1v) is 9.04. The smallest absolute Gasteiger partial charge is 0.185 e. The molecule has 0 aromatic heterocycles. The molecule has 0 unspecified atom stereocenters. The lowest BCUT2D eigenvalue weighted by Crippen LogP contribution is -1.96. The Balaban J connectivity index is 1.75. The van der Waals surface area contributed by atoms with Gasteiger partial charge in [-0.25, -0.2) is 0 Å². The zero-order valence-corrected chi connectivity index (χ0v) is 15.4. The maximum absolute atomic E-state index is 12.7. The van der Waals surface area contributed by atoms with Crippen molar-refractivity contribution in [3.8, 4) is 0 Å². The van der Waals surface area contributed by atoms with Crippen LogP contribution in [0.15, 0.2) is 95.1 Å². The van der Waals surface area contributed by atoms with Crippen molar-refractivity contribution in [3.63, 3.8) is 0 Å². The number of hydrogen-bond donors (Lipinski definition) is 0. The first kappa shape index (κ1) is 17.9. The Morgan fingerprint density at radius 2 is 1.08 bits per heavy atom. The van der Waals surface area contributed by atoms with Crippen LogP contribution in [0.25, 0.3) is 12.2 Å². The molecule has 0 aliphatic heterocycles. The molecule has 0 heterocycles. The predicted molar refractivity (Wildman–Crippen MR) is 111 cm³/mol. The standard InChI is InChI=1S/C25H24O/c1-19(15-21-9-5-3-6-10-21)17-23-13-14-24(25(23)26)18-20(2)16-22-11-7-4-8-12-22/h3-12,15-18H,13-14H2,1-2H3/b19-15+,20-16+,23-17+,24-18+. The Hall–Kier alpha value is -2.93. The summed E-state index contributed by atoms with van der Waals surface area (Å²) in [5.74, 6) is 0.187. The van der Waals surface area contributed by atoms with E-state index < -0.39 is 0 Å². The Kier molecular flexibility index (Phi) is 5.80. The van der Waals surface area contributed by atoms with E-state index in [0.29, 0.717) is 0 Å². The topological polar surface area (TPSA) is 17.1 Å². The molecule has 26 heavy (non-hydrogen) atoms. The van der Waals surface area contributed by atoms with E-state index >= 15 is 0 Å². The molecule has 2 aromatic rings. The van der Waals surface area contributed by atoms with Gasteiger partial charge in [-0.15, -0.1) is 0 Å². The molecule has 0 bridgehead atoms. The number of carbonyl (C=O) groups excluding carboxylic acids is 1. The summed E-state index contributed by atoms with van der Waals surface area (Å²) in [6.07, 6.45) is 9.94. The molecule has 2 aromatic carbocycles. The molecule has 0 radical (unpaired) electrons. The number of hydrogen-bond acceptors (Lipinski definition) is 1. The van der Waals surface area contributed by atoms with E-state index in [-0.39, 0.29) is 5.78 Å². The SMILES string of the molecule is CC(=C\c1ccccc1)/C=C1\CC/C(=C\C(C)=C\c2ccccc2)C1=O. The fourth-order valence-electron chi connectivity index (χ4n) is 3.24. The highest BCUT2D eigenvalue weighted by atomic mass is 16.1. The van der Waals surface area contributed by atoms with Gasteiger partial charge >= 0.3 is 0 Å². The quantitative estimate of drug-likeness (QED) is 0.588. The third-order valence-corrected chi connectivity index (χ3v) is 4.44. The van der Waals surface area contributed by atoms with Crippen LogP contribution in [0.1, 0.15) is 37.8 Å². The summed E-state index contributed by atoms with van der Waals surface area (Å²) in [5.41, 5.74) is 6.35. The Morgan fingerprint density at radius 3 is 1.46 bits per heavy atom. The van der Waals surface area contributed by atoms with Gasteiger partial charge < -0.3 is 0 Å². The average Bonchev–Trinajstić information content (AvgIpc) is 2.96. The van der Waals surface area contributed by atoms with Gasteiger partial charge in [-0.05, 0) is 37.8 Å². The van der Waals surface area contributed by atoms with Crippen molar-refractivity contribution >= 4 is 17.9 Å². The molecule has 3 rings (SSSR count). The molecule has 0 amide bonds. The Morgan fingerprint density at radius 1 is 0.692 bits per heavy atom. The van der Waals surface area contributed by atoms with Gasteiger partial charge in [0.25, 0.3) is 0 Å². The Labute approximate surface area is 156 Å². The van der Waals surface area contributed by atoms with Gasteiger partial charge in [0.2, 0.25) is 0 Å². The number of carbonyl (C=O) groups is 1. The van der Waals surface area contributed by atoms with Crippen LogP contribution in [-0.4, -0.2) is 5.78 Å². The number of ketones is 1. The van der Waals surface area contributed by atoms with Crippen molar-refractivity contribution < 1.29 is 4.79 Å². The largest absolute Gasteiger partial charge is 0.289 e. The molecule has 1 heteroatoms. The molecule has 1 nitrogen and oxygen atoms in total. The zero-order chi connectivity index (χ0) is 18.4. The third kappa shape index (κ3) is 4.80. The van der Waals surface area contributed by atoms with Crippen LogP contribution in [0.3, 0.4) is 0 Å². The van der Waals surface area contributed by atoms with Gasteiger partial charge in [0.15, 0.2) is 5.78 Å². The van der Waals surface area contributed by atoms with Crippen LogP contribution in [0.4, 0.5) is 0 Å². The lowest BCUT2D eigenvalue weighted by atomic mass is 10.1. The van der Waals surface area contributed by atoms with Gasteiger partial charge in [0.1, 0.15) is 0 Å². The molecule has 0 spiro atoms. The van der Waals surface area contributed by atoms with E-state index in [1.165, 1.54) is 0 Å². The van der Waals surface area contributed by atoms with Gasteiger partial charge in [0.05, 0.1) is 0 Å². The second kappa shape index (κ2) is 8.44. The first-order chi connectivity index (χ1) is 12.6. The second-order valence-corrected chi connectivity index (χ2v) is 6.77. The van der Waals surface area contributed by atoms with Crippen LogP contribution >= 0.6 is 0 Å². The minimum absolute atomic E-state index is 0.187. The third-order valence-electron chi connectivity index (χ3n) is 4.44. The summed E-state index contributed by atoms with van der Waals surface area (Å²) in [5, 5.41) is 0. The maximum atomic E-state index is 12.7. The van der Waals surface area contributed by atoms with Crippen molar-refractivity contribution in [1.82, 2.24) is 0 Å². The van der Waals surface area contributed by atoms with E-state index in [9.17, 15) is 4.79 Å². The molecule has 1 saturated carbocycles. The zero-order valence-electron chi connectivity index (χ0n) is 15.4. The number of benzene rings is 2. The molecule has 130 valence electrons. The minimum atomic E-state index is 0.187. The van der Waals surface area contributed by atoms with Crippen molar-refractivity contribution in [2.24, 2.45) is 0 Å². The predicted octanol–water partition coefficient (Wildman–Crippen LogP) is 6.41. The number of Topliss-reactive ketones (excluding diaryl/α,β-unsaturated/α-hetero) is 1. The summed E-state index contributed by atoms with van der Waals surface area (Å²) in [7, 11) is 0. The van der Waals surface area contributed by atoms with Crippen LogP contribution in [-0.2, 0) is 4.79 Å². The normalized spacial score (nSPS) is 18.8. The second-order valence-electron chi connectivity index (χ2n) is 6.77. The highest BCUT2D eigenvalue weighted by Crippen LogP contribution is 2.28. The lowest BCUT2D eigenvalue weighted by molar-refractivity contribution is -0.111. The fraction of sp³-hybridized carbons (Fsp3) is 0.160. The molecule has 0 atom stereocenters. The molecule has 0 saturated heterocycles. The van der Waals surface area contributed by atoms with E-state index in [2.05, 4.69) is 50.3 Å². The van der Waals surface area contributed by atoms with Crippen LogP contribution in [0.2, 0.25) is 0 Å². The molecular weight excluding hydrogens is 316 g/mol. The maximum Gasteiger partial charge on any atom is 0.185 e. The van der Waals surface area contributed by atoms with Crippen LogP contribution in [0.5, 0.6) is 0 Å². The molecular formula is C25H24O. The van der Waals surface area contributed by atoms with E-state index in [1.807, 2.05) is 48.6 Å². The summed E-state index contributed by atoms with van der Waals surface area (Å²) in [4.78, 5) is 12.7. The van der Waals surface area contributed by atoms with E-state index in [0.717, 1.165) is 46.3 Å². The monoisotopic (exact) mass is 340 g/mol. The fourth-order valence-corrected chi connectivity index (χ4v) is 3.24. The summed E-state index contributed by atoms with van der Waals surface area (Å²) < 4.78 is 0. The lowest BCUT2D eigenvalue weighted by Gasteiger charge is -1.99. The molecule has 1 aliphatic rings. The number of allylic oxidation sites excluding steroid dienone is 6. The first-order valence-electron chi connectivity index (χ1n) is 9.04. The van der Waals surface area contributed by atoms with Crippen LogP contribution < -0.4 is 0 Å². The van der Waals surface area contributed by atoms with Crippen molar-refractivity contribution in [1.29, 1.82) is 0 Å². The highest BCUT2D eigenvalue weighted by Gasteiger charge is 2.22.